The van der Waals surface area contributed by atoms with Crippen LogP contribution in [0.25, 0.3) is 0 Å². The Labute approximate surface area is 101 Å². The maximum atomic E-state index is 12.0. The molecule has 2 heterocycles. The first-order valence-corrected chi connectivity index (χ1v) is 5.92. The molecule has 5 nitrogen and oxygen atoms in total. The van der Waals surface area contributed by atoms with Crippen LogP contribution in [-0.2, 0) is 0 Å². The van der Waals surface area contributed by atoms with Crippen molar-refractivity contribution in [2.75, 3.05) is 24.1 Å². The van der Waals surface area contributed by atoms with E-state index < -0.39 is 0 Å². The van der Waals surface area contributed by atoms with Gasteiger partial charge in [-0.15, -0.1) is 0 Å². The molecule has 0 radical (unpaired) electrons. The average Bonchev–Trinajstić information content (AvgIpc) is 2.33. The molecule has 0 spiro atoms. The van der Waals surface area contributed by atoms with Gasteiger partial charge in [0.1, 0.15) is 0 Å². The molecule has 2 amide bonds. The smallest absolute Gasteiger partial charge is 0.321 e. The summed E-state index contributed by atoms with van der Waals surface area (Å²) in [5.74, 6) is 0.713. The van der Waals surface area contributed by atoms with Crippen LogP contribution in [0.5, 0.6) is 0 Å². The lowest BCUT2D eigenvalue weighted by atomic mass is 10.00. The van der Waals surface area contributed by atoms with Gasteiger partial charge >= 0.3 is 6.03 Å². The standard InChI is InChI=1S/C12H18N4O/c1-9-3-6-16(7-4-9)12(17)15-11-2-5-14-8-10(11)13/h2,5,8-9H,3-4,6-7,13H2,1H3,(H,14,15,17). The lowest BCUT2D eigenvalue weighted by molar-refractivity contribution is 0.186. The van der Waals surface area contributed by atoms with E-state index in [1.165, 1.54) is 6.20 Å². The van der Waals surface area contributed by atoms with Crippen molar-refractivity contribution in [2.24, 2.45) is 5.92 Å². The predicted octanol–water partition coefficient (Wildman–Crippen LogP) is 1.93. The largest absolute Gasteiger partial charge is 0.396 e. The first kappa shape index (κ1) is 11.7. The summed E-state index contributed by atoms with van der Waals surface area (Å²) >= 11 is 0. The Bertz CT molecular complexity index is 399. The summed E-state index contributed by atoms with van der Waals surface area (Å²) in [6.07, 6.45) is 5.29. The summed E-state index contributed by atoms with van der Waals surface area (Å²) in [7, 11) is 0. The second-order valence-electron chi connectivity index (χ2n) is 4.56. The van der Waals surface area contributed by atoms with E-state index >= 15 is 0 Å². The lowest BCUT2D eigenvalue weighted by Crippen LogP contribution is -2.40. The zero-order valence-corrected chi connectivity index (χ0v) is 10.0. The number of hydrogen-bond acceptors (Lipinski definition) is 3. The number of rotatable bonds is 1. The van der Waals surface area contributed by atoms with E-state index in [2.05, 4.69) is 17.2 Å². The Balaban J connectivity index is 1.95. The van der Waals surface area contributed by atoms with E-state index in [0.29, 0.717) is 17.3 Å². The van der Waals surface area contributed by atoms with Crippen LogP contribution in [-0.4, -0.2) is 29.0 Å². The molecule has 0 saturated carbocycles. The normalized spacial score (nSPS) is 16.9. The number of amides is 2. The predicted molar refractivity (Wildman–Crippen MR) is 67.6 cm³/mol. The fourth-order valence-corrected chi connectivity index (χ4v) is 1.93. The Hall–Kier alpha value is -1.78. The minimum Gasteiger partial charge on any atom is -0.396 e. The molecule has 0 unspecified atom stereocenters. The number of aromatic nitrogens is 1. The van der Waals surface area contributed by atoms with Gasteiger partial charge in [-0.2, -0.15) is 0 Å². The van der Waals surface area contributed by atoms with Gasteiger partial charge in [0.2, 0.25) is 0 Å². The molecule has 0 atom stereocenters. The van der Waals surface area contributed by atoms with Gasteiger partial charge in [-0.05, 0) is 24.8 Å². The molecule has 1 aromatic rings. The molecule has 1 aromatic heterocycles. The molecule has 5 heteroatoms. The summed E-state index contributed by atoms with van der Waals surface area (Å²) in [5.41, 5.74) is 6.84. The number of pyridine rings is 1. The molecule has 2 rings (SSSR count). The van der Waals surface area contributed by atoms with Gasteiger partial charge < -0.3 is 16.0 Å². The van der Waals surface area contributed by atoms with Gasteiger partial charge in [0, 0.05) is 19.3 Å². The summed E-state index contributed by atoms with van der Waals surface area (Å²) < 4.78 is 0. The molecular formula is C12H18N4O. The second kappa shape index (κ2) is 5.03. The SMILES string of the molecule is CC1CCN(C(=O)Nc2ccncc2N)CC1. The number of piperidine rings is 1. The van der Waals surface area contributed by atoms with Crippen molar-refractivity contribution in [3.05, 3.63) is 18.5 Å². The van der Waals surface area contributed by atoms with Crippen LogP contribution in [0.2, 0.25) is 0 Å². The zero-order chi connectivity index (χ0) is 12.3. The first-order valence-electron chi connectivity index (χ1n) is 5.92. The number of nitrogens with zero attached hydrogens (tertiary/aromatic N) is 2. The van der Waals surface area contributed by atoms with Crippen LogP contribution in [0.4, 0.5) is 16.2 Å². The van der Waals surface area contributed by atoms with Crippen LogP contribution in [0.3, 0.4) is 0 Å². The lowest BCUT2D eigenvalue weighted by Gasteiger charge is -2.30. The highest BCUT2D eigenvalue weighted by Gasteiger charge is 2.20. The molecule has 1 saturated heterocycles. The van der Waals surface area contributed by atoms with Crippen molar-refractivity contribution in [2.45, 2.75) is 19.8 Å². The van der Waals surface area contributed by atoms with Gasteiger partial charge in [-0.1, -0.05) is 6.92 Å². The molecule has 17 heavy (non-hydrogen) atoms. The van der Waals surface area contributed by atoms with Gasteiger partial charge in [0.25, 0.3) is 0 Å². The van der Waals surface area contributed by atoms with Crippen molar-refractivity contribution in [3.8, 4) is 0 Å². The number of nitrogen functional groups attached to an aromatic ring is 1. The number of hydrogen-bond donors (Lipinski definition) is 2. The highest BCUT2D eigenvalue weighted by atomic mass is 16.2. The molecule has 1 aliphatic rings. The number of nitrogens with two attached hydrogens (primary N) is 1. The fraction of sp³-hybridized carbons (Fsp3) is 0.500. The monoisotopic (exact) mass is 234 g/mol. The molecule has 3 N–H and O–H groups in total. The molecule has 1 fully saturated rings. The molecule has 0 aromatic carbocycles. The quantitative estimate of drug-likeness (QED) is 0.780. The number of likely N-dealkylation sites (tertiary alicyclic amines) is 1. The molecule has 1 aliphatic heterocycles. The van der Waals surface area contributed by atoms with E-state index in [1.54, 1.807) is 12.3 Å². The summed E-state index contributed by atoms with van der Waals surface area (Å²) in [6, 6.07) is 1.63. The van der Waals surface area contributed by atoms with Gasteiger partial charge in [0.15, 0.2) is 0 Å². The number of anilines is 2. The van der Waals surface area contributed by atoms with Crippen LogP contribution in [0.1, 0.15) is 19.8 Å². The van der Waals surface area contributed by atoms with E-state index in [9.17, 15) is 4.79 Å². The number of nitrogens with one attached hydrogen (secondary N) is 1. The first-order chi connectivity index (χ1) is 8.16. The van der Waals surface area contributed by atoms with E-state index in [4.69, 9.17) is 5.73 Å². The molecular weight excluding hydrogens is 216 g/mol. The van der Waals surface area contributed by atoms with Crippen molar-refractivity contribution < 1.29 is 4.79 Å². The van der Waals surface area contributed by atoms with Gasteiger partial charge in [-0.3, -0.25) is 4.98 Å². The highest BCUT2D eigenvalue weighted by molar-refractivity contribution is 5.92. The maximum absolute atomic E-state index is 12.0. The van der Waals surface area contributed by atoms with Crippen molar-refractivity contribution in [1.29, 1.82) is 0 Å². The van der Waals surface area contributed by atoms with Crippen molar-refractivity contribution in [1.82, 2.24) is 9.88 Å². The van der Waals surface area contributed by atoms with Crippen LogP contribution in [0.15, 0.2) is 18.5 Å². The van der Waals surface area contributed by atoms with Crippen LogP contribution >= 0.6 is 0 Å². The highest BCUT2D eigenvalue weighted by Crippen LogP contribution is 2.19. The Kier molecular flexibility index (Phi) is 3.46. The van der Waals surface area contributed by atoms with Crippen molar-refractivity contribution >= 4 is 17.4 Å². The van der Waals surface area contributed by atoms with Gasteiger partial charge in [-0.25, -0.2) is 4.79 Å². The van der Waals surface area contributed by atoms with E-state index in [-0.39, 0.29) is 6.03 Å². The third-order valence-electron chi connectivity index (χ3n) is 3.16. The number of carbonyl (C=O) groups excluding carboxylic acids is 1. The minimum absolute atomic E-state index is 0.0743. The number of carbonyl (C=O) groups is 1. The zero-order valence-electron chi connectivity index (χ0n) is 10.0. The maximum Gasteiger partial charge on any atom is 0.321 e. The van der Waals surface area contributed by atoms with E-state index in [0.717, 1.165) is 25.9 Å². The molecule has 0 bridgehead atoms. The van der Waals surface area contributed by atoms with Crippen molar-refractivity contribution in [3.63, 3.8) is 0 Å². The Morgan fingerprint density at radius 3 is 2.88 bits per heavy atom. The average molecular weight is 234 g/mol. The Morgan fingerprint density at radius 2 is 2.24 bits per heavy atom. The second-order valence-corrected chi connectivity index (χ2v) is 4.56. The fourth-order valence-electron chi connectivity index (χ4n) is 1.93. The van der Waals surface area contributed by atoms with Crippen LogP contribution in [0, 0.1) is 5.92 Å². The van der Waals surface area contributed by atoms with Gasteiger partial charge in [0.05, 0.1) is 17.6 Å². The molecule has 0 aliphatic carbocycles. The minimum atomic E-state index is -0.0743. The number of urea groups is 1. The van der Waals surface area contributed by atoms with Crippen LogP contribution < -0.4 is 11.1 Å². The third-order valence-corrected chi connectivity index (χ3v) is 3.16. The third kappa shape index (κ3) is 2.87. The van der Waals surface area contributed by atoms with E-state index in [1.807, 2.05) is 4.90 Å². The Morgan fingerprint density at radius 1 is 1.53 bits per heavy atom. The summed E-state index contributed by atoms with van der Waals surface area (Å²) in [5, 5.41) is 2.82. The summed E-state index contributed by atoms with van der Waals surface area (Å²) in [6.45, 7) is 3.85. The molecule has 92 valence electrons. The summed E-state index contributed by atoms with van der Waals surface area (Å²) in [4.78, 5) is 17.7. The topological polar surface area (TPSA) is 71.2 Å².